The Labute approximate surface area is 649 Å². The van der Waals surface area contributed by atoms with Gasteiger partial charge in [-0.05, 0) is 207 Å². The van der Waals surface area contributed by atoms with Crippen LogP contribution in [0.1, 0.15) is 27.7 Å². The van der Waals surface area contributed by atoms with E-state index < -0.39 is 12.7 Å². The molecule has 35 heteroatoms. The molecule has 568 valence electrons. The van der Waals surface area contributed by atoms with Crippen molar-refractivity contribution < 1.29 is 38.1 Å². The lowest BCUT2D eigenvalue weighted by Crippen LogP contribution is -2.41. The number of likely N-dealkylation sites (N-methyl/N-ethyl adjacent to an activating group) is 3. The van der Waals surface area contributed by atoms with Gasteiger partial charge in [0, 0.05) is 111 Å². The highest BCUT2D eigenvalue weighted by molar-refractivity contribution is 9.11. The Hall–Kier alpha value is -7.87. The van der Waals surface area contributed by atoms with E-state index in [4.69, 9.17) is 61.2 Å². The van der Waals surface area contributed by atoms with Gasteiger partial charge in [-0.25, -0.2) is 29.9 Å². The first-order chi connectivity index (χ1) is 49.6. The number of halogens is 5. The van der Waals surface area contributed by atoms with Crippen molar-refractivity contribution in [2.45, 2.75) is 38.9 Å². The van der Waals surface area contributed by atoms with E-state index in [1.807, 2.05) is 122 Å². The summed E-state index contributed by atoms with van der Waals surface area (Å²) in [6, 6.07) is 17.8. The maximum atomic E-state index is 12.7. The van der Waals surface area contributed by atoms with E-state index in [9.17, 15) is 19.2 Å². The van der Waals surface area contributed by atoms with Gasteiger partial charge in [0.2, 0.25) is 34.8 Å². The van der Waals surface area contributed by atoms with Crippen molar-refractivity contribution in [3.05, 3.63) is 177 Å². The SMILES string of the molecule is CN(C)CCBr.CN(C)CCCl.CN(C)CCOc1cnc2ccc(Br)cn2c1=O.CN(C)CCOc1cnc2ccc(Br)cn2c1=O.COc1ncc(-c2ccc3ncc(OCCN(C)C)c(=O)n3c2)cc1N.COc1ncc(B2OC(C)(C)C(C)(C)O2)cc1N.O=c1c(O)cnc2ccc(Br)cn12. The minimum Gasteiger partial charge on any atom is -0.502 e. The van der Waals surface area contributed by atoms with Crippen LogP contribution in [0.15, 0.2) is 155 Å². The number of pyridine rings is 6. The smallest absolute Gasteiger partial charge is 0.496 e. The number of nitrogens with two attached hydrogens (primary N) is 2. The Bertz CT molecular complexity index is 4550. The number of nitrogen functional groups attached to an aromatic ring is 2. The number of alkyl halides is 2. The van der Waals surface area contributed by atoms with E-state index in [1.165, 1.54) is 50.4 Å². The molecular formula is C70H93BBr4ClN17O12. The lowest BCUT2D eigenvalue weighted by molar-refractivity contribution is 0.00578. The molecule has 0 aliphatic carbocycles. The monoisotopic (exact) mass is 1730 g/mol. The summed E-state index contributed by atoms with van der Waals surface area (Å²) in [5, 5.41) is 10.2. The van der Waals surface area contributed by atoms with Gasteiger partial charge in [0.25, 0.3) is 22.2 Å². The molecule has 0 aromatic carbocycles. The third-order valence-electron chi connectivity index (χ3n) is 15.1. The quantitative estimate of drug-likeness (QED) is 0.0481. The highest BCUT2D eigenvalue weighted by Gasteiger charge is 2.52. The molecule has 0 spiro atoms. The van der Waals surface area contributed by atoms with E-state index in [-0.39, 0.29) is 50.9 Å². The van der Waals surface area contributed by atoms with E-state index in [1.54, 1.807) is 79.6 Å². The molecule has 0 amide bonds. The summed E-state index contributed by atoms with van der Waals surface area (Å²) >= 11 is 18.5. The third-order valence-corrected chi connectivity index (χ3v) is 17.0. The second-order valence-electron chi connectivity index (χ2n) is 25.3. The molecule has 1 fully saturated rings. The van der Waals surface area contributed by atoms with Gasteiger partial charge in [0.1, 0.15) is 42.4 Å². The van der Waals surface area contributed by atoms with Gasteiger partial charge in [0.05, 0.1) is 61.6 Å². The number of rotatable bonds is 20. The summed E-state index contributed by atoms with van der Waals surface area (Å²) in [7, 11) is 22.4. The van der Waals surface area contributed by atoms with Crippen molar-refractivity contribution in [1.82, 2.24) is 72.0 Å². The van der Waals surface area contributed by atoms with Crippen molar-refractivity contribution in [3.8, 4) is 45.9 Å². The van der Waals surface area contributed by atoms with Crippen LogP contribution >= 0.6 is 75.3 Å². The van der Waals surface area contributed by atoms with Crippen molar-refractivity contribution in [1.29, 1.82) is 0 Å². The van der Waals surface area contributed by atoms with Crippen LogP contribution in [-0.2, 0) is 9.31 Å². The van der Waals surface area contributed by atoms with Gasteiger partial charge < -0.3 is 74.1 Å². The molecule has 1 saturated heterocycles. The van der Waals surface area contributed by atoms with Crippen LogP contribution in [0.25, 0.3) is 33.7 Å². The highest BCUT2D eigenvalue weighted by Crippen LogP contribution is 2.37. The highest BCUT2D eigenvalue weighted by atomic mass is 79.9. The van der Waals surface area contributed by atoms with Crippen molar-refractivity contribution >= 4 is 122 Å². The number of fused-ring (bicyclic) bond motifs is 4. The van der Waals surface area contributed by atoms with Crippen molar-refractivity contribution in [3.63, 3.8) is 0 Å². The zero-order valence-corrected chi connectivity index (χ0v) is 69.0. The maximum Gasteiger partial charge on any atom is 0.496 e. The Morgan fingerprint density at radius 2 is 0.829 bits per heavy atom. The van der Waals surface area contributed by atoms with Crippen molar-refractivity contribution in [2.75, 3.05) is 160 Å². The average molecular weight is 1730 g/mol. The topological polar surface area (TPSA) is 316 Å². The Balaban J connectivity index is 0.000000229. The van der Waals surface area contributed by atoms with Gasteiger partial charge in [0.15, 0.2) is 0 Å². The van der Waals surface area contributed by atoms with E-state index >= 15 is 0 Å². The lowest BCUT2D eigenvalue weighted by Gasteiger charge is -2.32. The molecule has 29 nitrogen and oxygen atoms in total. The molecule has 10 aromatic rings. The molecule has 5 N–H and O–H groups in total. The second kappa shape index (κ2) is 42.5. The molecule has 0 bridgehead atoms. The Morgan fingerprint density at radius 1 is 0.476 bits per heavy atom. The summed E-state index contributed by atoms with van der Waals surface area (Å²) in [6.45, 7) is 13.7. The first-order valence-corrected chi connectivity index (χ1v) is 36.6. The second-order valence-corrected chi connectivity index (χ2v) is 29.2. The van der Waals surface area contributed by atoms with Gasteiger partial charge in [-0.2, -0.15) is 0 Å². The number of hydrogen-bond donors (Lipinski definition) is 3. The number of ether oxygens (including phenoxy) is 5. The normalized spacial score (nSPS) is 12.6. The molecule has 0 atom stereocenters. The van der Waals surface area contributed by atoms with E-state index in [0.717, 1.165) is 73.6 Å². The van der Waals surface area contributed by atoms with Crippen LogP contribution in [0.3, 0.4) is 0 Å². The summed E-state index contributed by atoms with van der Waals surface area (Å²) in [5.41, 5.74) is 15.4. The standard InChI is InChI=1S/C18H21N5O3.C12H19BN2O3.2C12H14BrN3O2.C8H5BrN2O2.C4H10BrN.C4H10ClN/c1-22(2)6-7-26-15-10-20-16-5-4-12(11-23(16)18(15)24)13-8-14(19)17(25-3)21-9-13;1-11(2)12(3,4)18-13(17-11)8-6-9(14)10(16-5)15-7-8;2*1-15(2)5-6-18-10-7-14-11-4-3-9(13)8-16(11)12(10)17;9-5-1-2-7-10-3-6(12)8(13)11(7)4-5;2*1-6(2)4-3-5/h4-5,8-11H,6-7,19H2,1-3H3;6-7H,14H2,1-5H3;2*3-4,7-8H,5-6H2,1-2H3;1-4,12H;2*3-4H2,1-2H3. The molecule has 11 rings (SSSR count). The molecule has 1 aliphatic rings. The summed E-state index contributed by atoms with van der Waals surface area (Å²) in [4.78, 5) is 83.2. The molecular weight excluding hydrogens is 1640 g/mol. The van der Waals surface area contributed by atoms with Gasteiger partial charge in [-0.3, -0.25) is 36.8 Å². The predicted octanol–water partition coefficient (Wildman–Crippen LogP) is 7.95. The average Bonchev–Trinajstić information content (AvgIpc) is 1.63. The fraction of sp³-hybridized carbons (Fsp3) is 0.400. The van der Waals surface area contributed by atoms with E-state index in [2.05, 4.69) is 113 Å². The lowest BCUT2D eigenvalue weighted by atomic mass is 9.80. The number of anilines is 2. The molecule has 11 heterocycles. The fourth-order valence-corrected chi connectivity index (χ4v) is 10.6. The third kappa shape index (κ3) is 27.2. The number of nitrogens with zero attached hydrogens (tertiary/aromatic N) is 15. The minimum atomic E-state index is -0.466. The van der Waals surface area contributed by atoms with Gasteiger partial charge >= 0.3 is 7.12 Å². The summed E-state index contributed by atoms with van der Waals surface area (Å²) in [6.07, 6.45) is 15.5. The molecule has 10 aromatic heterocycles. The molecule has 0 saturated carbocycles. The number of hydrogen-bond acceptors (Lipinski definition) is 25. The molecule has 0 unspecified atom stereocenters. The first kappa shape index (κ1) is 87.8. The predicted molar refractivity (Wildman–Crippen MR) is 429 cm³/mol. The van der Waals surface area contributed by atoms with Crippen LogP contribution in [0.5, 0.6) is 34.8 Å². The van der Waals surface area contributed by atoms with Crippen LogP contribution in [0.4, 0.5) is 11.4 Å². The van der Waals surface area contributed by atoms with E-state index in [0.29, 0.717) is 72.1 Å². The molecule has 1 aliphatic heterocycles. The van der Waals surface area contributed by atoms with Crippen LogP contribution in [-0.4, -0.2) is 244 Å². The van der Waals surface area contributed by atoms with Gasteiger partial charge in [-0.15, -0.1) is 11.6 Å². The van der Waals surface area contributed by atoms with Crippen LogP contribution in [0.2, 0.25) is 0 Å². The number of methoxy groups -OCH3 is 2. The Kier molecular flexibility index (Phi) is 35.5. The van der Waals surface area contributed by atoms with Crippen LogP contribution in [0, 0.1) is 0 Å². The maximum absolute atomic E-state index is 12.7. The summed E-state index contributed by atoms with van der Waals surface area (Å²) in [5.74, 6) is 1.91. The summed E-state index contributed by atoms with van der Waals surface area (Å²) < 4.78 is 46.5. The zero-order valence-electron chi connectivity index (χ0n) is 61.9. The largest absolute Gasteiger partial charge is 0.502 e. The van der Waals surface area contributed by atoms with Crippen LogP contribution < -0.4 is 62.9 Å². The number of aromatic nitrogens is 10. The first-order valence-electron chi connectivity index (χ1n) is 32.5. The minimum absolute atomic E-state index is 0.194. The zero-order chi connectivity index (χ0) is 77.9. The molecule has 0 radical (unpaired) electrons. The fourth-order valence-electron chi connectivity index (χ4n) is 8.55. The molecule has 105 heavy (non-hydrogen) atoms. The number of aromatic hydroxyl groups is 1. The van der Waals surface area contributed by atoms with Crippen molar-refractivity contribution in [2.24, 2.45) is 0 Å². The van der Waals surface area contributed by atoms with Gasteiger partial charge in [-0.1, -0.05) is 15.9 Å². The Morgan fingerprint density at radius 3 is 1.16 bits per heavy atom.